The van der Waals surface area contributed by atoms with Crippen LogP contribution in [0.25, 0.3) is 11.0 Å². The van der Waals surface area contributed by atoms with Gasteiger partial charge in [0.25, 0.3) is 11.5 Å². The maximum atomic E-state index is 12.6. The molecule has 1 saturated carbocycles. The number of aryl methyl sites for hydroxylation is 1. The van der Waals surface area contributed by atoms with Gasteiger partial charge in [0.1, 0.15) is 17.7 Å². The minimum absolute atomic E-state index is 0.0968. The van der Waals surface area contributed by atoms with E-state index in [9.17, 15) is 24.0 Å². The summed E-state index contributed by atoms with van der Waals surface area (Å²) >= 11 is 0. The average Bonchev–Trinajstić information content (AvgIpc) is 3.51. The molecule has 2 aromatic rings. The van der Waals surface area contributed by atoms with Crippen LogP contribution >= 0.6 is 0 Å². The number of hydrogen-bond acceptors (Lipinski definition) is 6. The molecule has 4 amide bonds. The molecular weight excluding hydrogens is 380 g/mol. The smallest absolute Gasteiger partial charge is 0.323 e. The average molecular weight is 400 g/mol. The number of amides is 4. The minimum Gasteiger partial charge on any atom is -0.323 e. The lowest BCUT2D eigenvalue weighted by molar-refractivity contribution is -0.134. The van der Waals surface area contributed by atoms with Gasteiger partial charge in [-0.25, -0.2) is 14.6 Å². The Morgan fingerprint density at radius 2 is 1.93 bits per heavy atom. The molecule has 11 nitrogen and oxygen atoms in total. The van der Waals surface area contributed by atoms with Gasteiger partial charge in [0.2, 0.25) is 5.91 Å². The second-order valence-corrected chi connectivity index (χ2v) is 7.65. The number of rotatable bonds is 4. The number of nitrogens with one attached hydrogen (secondary N) is 2. The van der Waals surface area contributed by atoms with E-state index in [1.165, 1.54) is 30.9 Å². The fourth-order valence-corrected chi connectivity index (χ4v) is 3.67. The first-order valence-electron chi connectivity index (χ1n) is 9.13. The minimum atomic E-state index is -0.959. The molecule has 2 N–H and O–H groups in total. The molecule has 1 aliphatic heterocycles. The molecule has 1 saturated heterocycles. The van der Waals surface area contributed by atoms with Gasteiger partial charge in [0, 0.05) is 14.1 Å². The molecular formula is C18H20N6O5. The number of anilines is 1. The van der Waals surface area contributed by atoms with Crippen LogP contribution in [0.15, 0.2) is 21.9 Å². The van der Waals surface area contributed by atoms with Crippen molar-refractivity contribution in [3.05, 3.63) is 33.1 Å². The number of nitrogens with zero attached hydrogens (tertiary/aromatic N) is 4. The molecule has 3 heterocycles. The van der Waals surface area contributed by atoms with E-state index in [0.717, 1.165) is 22.3 Å². The van der Waals surface area contributed by atoms with E-state index in [1.54, 1.807) is 6.92 Å². The van der Waals surface area contributed by atoms with Crippen molar-refractivity contribution in [1.82, 2.24) is 24.3 Å². The largest absolute Gasteiger partial charge is 0.332 e. The number of fused-ring (bicyclic) bond motifs is 1. The molecule has 2 aliphatic rings. The lowest BCUT2D eigenvalue weighted by atomic mass is 9.96. The Morgan fingerprint density at radius 1 is 1.24 bits per heavy atom. The predicted molar refractivity (Wildman–Crippen MR) is 102 cm³/mol. The highest BCUT2D eigenvalue weighted by Crippen LogP contribution is 2.42. The van der Waals surface area contributed by atoms with E-state index < -0.39 is 41.2 Å². The Bertz CT molecular complexity index is 1190. The van der Waals surface area contributed by atoms with Crippen molar-refractivity contribution in [3.8, 4) is 0 Å². The zero-order valence-electron chi connectivity index (χ0n) is 16.2. The molecule has 2 aromatic heterocycles. The number of hydrogen-bond donors (Lipinski definition) is 2. The normalized spacial score (nSPS) is 21.6. The summed E-state index contributed by atoms with van der Waals surface area (Å²) in [5.74, 6) is -0.920. The summed E-state index contributed by atoms with van der Waals surface area (Å²) in [4.78, 5) is 66.5. The lowest BCUT2D eigenvalue weighted by Gasteiger charge is -2.20. The van der Waals surface area contributed by atoms with Crippen LogP contribution < -0.4 is 21.9 Å². The van der Waals surface area contributed by atoms with Gasteiger partial charge < -0.3 is 10.6 Å². The third kappa shape index (κ3) is 2.89. The maximum Gasteiger partial charge on any atom is 0.332 e. The van der Waals surface area contributed by atoms with Crippen LogP contribution in [0.1, 0.15) is 19.8 Å². The van der Waals surface area contributed by atoms with Crippen molar-refractivity contribution < 1.29 is 14.4 Å². The summed E-state index contributed by atoms with van der Waals surface area (Å²) in [6, 6.07) is 0.808. The maximum absolute atomic E-state index is 12.6. The number of imide groups is 1. The van der Waals surface area contributed by atoms with Gasteiger partial charge in [-0.2, -0.15) is 0 Å². The van der Waals surface area contributed by atoms with E-state index in [2.05, 4.69) is 15.6 Å². The van der Waals surface area contributed by atoms with E-state index in [1.807, 2.05) is 0 Å². The van der Waals surface area contributed by atoms with Gasteiger partial charge in [-0.3, -0.25) is 28.4 Å². The first kappa shape index (κ1) is 18.8. The summed E-state index contributed by atoms with van der Waals surface area (Å²) in [7, 11) is 2.84. The Hall–Kier alpha value is -3.50. The predicted octanol–water partition coefficient (Wildman–Crippen LogP) is -0.709. The first-order valence-corrected chi connectivity index (χ1v) is 9.13. The zero-order chi connectivity index (χ0) is 21.1. The summed E-state index contributed by atoms with van der Waals surface area (Å²) in [5, 5.41) is 5.38. The number of carbonyl (C=O) groups is 3. The molecule has 1 aliphatic carbocycles. The highest BCUT2D eigenvalue weighted by molar-refractivity contribution is 6.10. The van der Waals surface area contributed by atoms with Crippen molar-refractivity contribution >= 4 is 34.6 Å². The SMILES string of the molecule is Cn1c(=O)c2cc(NC(=O)CN3C(=O)NC(C)(C4CC4)C3=O)cnc2n(C)c1=O. The quantitative estimate of drug-likeness (QED) is 0.651. The van der Waals surface area contributed by atoms with Crippen LogP contribution in [0.3, 0.4) is 0 Å². The Labute approximate surface area is 164 Å². The van der Waals surface area contributed by atoms with Gasteiger partial charge in [-0.1, -0.05) is 0 Å². The Kier molecular flexibility index (Phi) is 4.07. The van der Waals surface area contributed by atoms with Gasteiger partial charge >= 0.3 is 11.7 Å². The molecule has 152 valence electrons. The van der Waals surface area contributed by atoms with Crippen molar-refractivity contribution in [2.75, 3.05) is 11.9 Å². The lowest BCUT2D eigenvalue weighted by Crippen LogP contribution is -2.46. The summed E-state index contributed by atoms with van der Waals surface area (Å²) in [6.45, 7) is 1.23. The van der Waals surface area contributed by atoms with Crippen molar-refractivity contribution in [1.29, 1.82) is 0 Å². The highest BCUT2D eigenvalue weighted by atomic mass is 16.2. The van der Waals surface area contributed by atoms with Gasteiger partial charge in [-0.05, 0) is 31.7 Å². The van der Waals surface area contributed by atoms with E-state index in [4.69, 9.17) is 0 Å². The van der Waals surface area contributed by atoms with Crippen molar-refractivity contribution in [3.63, 3.8) is 0 Å². The Morgan fingerprint density at radius 3 is 2.59 bits per heavy atom. The van der Waals surface area contributed by atoms with Crippen LogP contribution in [0.4, 0.5) is 10.5 Å². The fraction of sp³-hybridized carbons (Fsp3) is 0.444. The molecule has 11 heteroatoms. The molecule has 2 fully saturated rings. The summed E-state index contributed by atoms with van der Waals surface area (Å²) in [5.41, 5.74) is -1.61. The summed E-state index contributed by atoms with van der Waals surface area (Å²) in [6.07, 6.45) is 3.03. The molecule has 0 bridgehead atoms. The van der Waals surface area contributed by atoms with Crippen LogP contribution in [-0.4, -0.2) is 48.9 Å². The highest BCUT2D eigenvalue weighted by Gasteiger charge is 2.56. The van der Waals surface area contributed by atoms with Crippen LogP contribution in [-0.2, 0) is 23.7 Å². The molecule has 1 unspecified atom stereocenters. The van der Waals surface area contributed by atoms with Gasteiger partial charge in [0.05, 0.1) is 17.3 Å². The van der Waals surface area contributed by atoms with Crippen LogP contribution in [0, 0.1) is 5.92 Å². The number of urea groups is 1. The van der Waals surface area contributed by atoms with E-state index in [-0.39, 0.29) is 22.6 Å². The molecule has 0 aromatic carbocycles. The fourth-order valence-electron chi connectivity index (χ4n) is 3.67. The van der Waals surface area contributed by atoms with Crippen LogP contribution in [0.5, 0.6) is 0 Å². The first-order chi connectivity index (χ1) is 13.6. The monoisotopic (exact) mass is 400 g/mol. The molecule has 4 rings (SSSR count). The van der Waals surface area contributed by atoms with Crippen molar-refractivity contribution in [2.45, 2.75) is 25.3 Å². The molecule has 0 spiro atoms. The Balaban J connectivity index is 1.55. The second-order valence-electron chi connectivity index (χ2n) is 7.65. The van der Waals surface area contributed by atoms with E-state index >= 15 is 0 Å². The standard InChI is InChI=1S/C18H20N6O5/c1-18(9-4-5-9)15(27)24(16(28)21-18)8-12(25)20-10-6-11-13(19-7-10)22(2)17(29)23(3)14(11)26/h6-7,9H,4-5,8H2,1-3H3,(H,20,25)(H,21,28). The second kappa shape index (κ2) is 6.26. The van der Waals surface area contributed by atoms with Gasteiger partial charge in [0.15, 0.2) is 0 Å². The third-order valence-electron chi connectivity index (χ3n) is 5.57. The van der Waals surface area contributed by atoms with E-state index in [0.29, 0.717) is 0 Å². The number of pyridine rings is 1. The number of carbonyl (C=O) groups excluding carboxylic acids is 3. The topological polar surface area (TPSA) is 135 Å². The number of aromatic nitrogens is 3. The summed E-state index contributed by atoms with van der Waals surface area (Å²) < 4.78 is 2.18. The van der Waals surface area contributed by atoms with Crippen molar-refractivity contribution in [2.24, 2.45) is 20.0 Å². The molecule has 0 radical (unpaired) electrons. The van der Waals surface area contributed by atoms with Gasteiger partial charge in [-0.15, -0.1) is 0 Å². The van der Waals surface area contributed by atoms with Crippen LogP contribution in [0.2, 0.25) is 0 Å². The zero-order valence-corrected chi connectivity index (χ0v) is 16.2. The molecule has 29 heavy (non-hydrogen) atoms. The molecule has 1 atom stereocenters. The third-order valence-corrected chi connectivity index (χ3v) is 5.57.